The average molecular weight is 259 g/mol. The van der Waals surface area contributed by atoms with Crippen molar-refractivity contribution in [2.45, 2.75) is 32.7 Å². The molecule has 2 amide bonds. The van der Waals surface area contributed by atoms with Crippen molar-refractivity contribution in [3.05, 3.63) is 0 Å². The lowest BCUT2D eigenvalue weighted by Gasteiger charge is -2.19. The molecule has 3 N–H and O–H groups in total. The van der Waals surface area contributed by atoms with Crippen LogP contribution in [0.1, 0.15) is 27.2 Å². The minimum Gasteiger partial charge on any atom is -0.383 e. The average Bonchev–Trinajstić information content (AvgIpc) is 2.26. The molecule has 106 valence electrons. The van der Waals surface area contributed by atoms with Gasteiger partial charge >= 0.3 is 0 Å². The largest absolute Gasteiger partial charge is 0.383 e. The molecule has 18 heavy (non-hydrogen) atoms. The van der Waals surface area contributed by atoms with E-state index in [4.69, 9.17) is 4.74 Å². The van der Waals surface area contributed by atoms with Crippen LogP contribution in [0.15, 0.2) is 0 Å². The van der Waals surface area contributed by atoms with Crippen LogP contribution in [0.5, 0.6) is 0 Å². The maximum absolute atomic E-state index is 11.4. The Morgan fingerprint density at radius 2 is 1.67 bits per heavy atom. The Labute approximate surface area is 109 Å². The van der Waals surface area contributed by atoms with Crippen molar-refractivity contribution < 1.29 is 14.3 Å². The summed E-state index contributed by atoms with van der Waals surface area (Å²) < 4.78 is 4.81. The van der Waals surface area contributed by atoms with Gasteiger partial charge in [0.05, 0.1) is 13.2 Å². The van der Waals surface area contributed by atoms with Gasteiger partial charge in [0.15, 0.2) is 0 Å². The molecule has 0 atom stereocenters. The lowest BCUT2D eigenvalue weighted by atomic mass is 10.1. The van der Waals surface area contributed by atoms with Gasteiger partial charge in [0, 0.05) is 32.2 Å². The predicted molar refractivity (Wildman–Crippen MR) is 70.3 cm³/mol. The van der Waals surface area contributed by atoms with E-state index in [1.165, 1.54) is 0 Å². The van der Waals surface area contributed by atoms with Crippen molar-refractivity contribution in [2.24, 2.45) is 0 Å². The number of nitrogens with one attached hydrogen (secondary N) is 3. The molecule has 0 unspecified atom stereocenters. The minimum atomic E-state index is -0.102. The number of carbonyl (C=O) groups excluding carboxylic acids is 2. The zero-order chi connectivity index (χ0) is 14.0. The van der Waals surface area contributed by atoms with Gasteiger partial charge in [-0.25, -0.2) is 0 Å². The fraction of sp³-hybridized carbons (Fsp3) is 0.833. The Hall–Kier alpha value is -1.14. The van der Waals surface area contributed by atoms with E-state index in [0.717, 1.165) is 0 Å². The third-order valence-electron chi connectivity index (χ3n) is 2.08. The van der Waals surface area contributed by atoms with Crippen molar-refractivity contribution in [2.75, 3.05) is 33.4 Å². The van der Waals surface area contributed by atoms with Crippen molar-refractivity contribution in [1.82, 2.24) is 16.0 Å². The standard InChI is InChI=1S/C12H25N3O3/c1-12(2,3)15-9-11(17)13-6-5-10(16)14-7-8-18-4/h15H,5-9H2,1-4H3,(H,13,17)(H,14,16). The Balaban J connectivity index is 3.53. The van der Waals surface area contributed by atoms with Crippen LogP contribution in [-0.4, -0.2) is 50.7 Å². The van der Waals surface area contributed by atoms with Crippen molar-refractivity contribution >= 4 is 11.8 Å². The highest BCUT2D eigenvalue weighted by Crippen LogP contribution is 1.96. The number of rotatable bonds is 8. The molecule has 0 saturated heterocycles. The number of ether oxygens (including phenoxy) is 1. The zero-order valence-corrected chi connectivity index (χ0v) is 11.8. The molecule has 0 rings (SSSR count). The number of hydrogen-bond donors (Lipinski definition) is 3. The monoisotopic (exact) mass is 259 g/mol. The van der Waals surface area contributed by atoms with E-state index in [9.17, 15) is 9.59 Å². The number of carbonyl (C=O) groups is 2. The summed E-state index contributed by atoms with van der Waals surface area (Å²) in [6.07, 6.45) is 0.283. The molecular weight excluding hydrogens is 234 g/mol. The Morgan fingerprint density at radius 3 is 2.22 bits per heavy atom. The summed E-state index contributed by atoms with van der Waals surface area (Å²) in [7, 11) is 1.58. The highest BCUT2D eigenvalue weighted by atomic mass is 16.5. The molecular formula is C12H25N3O3. The van der Waals surface area contributed by atoms with Crippen LogP contribution in [0.3, 0.4) is 0 Å². The molecule has 6 heteroatoms. The van der Waals surface area contributed by atoms with Crippen molar-refractivity contribution in [3.8, 4) is 0 Å². The van der Waals surface area contributed by atoms with Crippen molar-refractivity contribution in [1.29, 1.82) is 0 Å². The number of hydrogen-bond acceptors (Lipinski definition) is 4. The van der Waals surface area contributed by atoms with E-state index < -0.39 is 0 Å². The van der Waals surface area contributed by atoms with Gasteiger partial charge in [0.2, 0.25) is 11.8 Å². The summed E-state index contributed by atoms with van der Waals surface area (Å²) in [5, 5.41) is 8.44. The van der Waals surface area contributed by atoms with E-state index in [1.54, 1.807) is 7.11 Å². The normalized spacial score (nSPS) is 11.1. The molecule has 0 radical (unpaired) electrons. The van der Waals surface area contributed by atoms with Gasteiger partial charge in [-0.1, -0.05) is 0 Å². The SMILES string of the molecule is COCCNC(=O)CCNC(=O)CNC(C)(C)C. The van der Waals surface area contributed by atoms with E-state index >= 15 is 0 Å². The highest BCUT2D eigenvalue weighted by Gasteiger charge is 2.11. The molecule has 0 saturated carbocycles. The molecule has 0 bridgehead atoms. The van der Waals surface area contributed by atoms with E-state index in [1.807, 2.05) is 20.8 Å². The van der Waals surface area contributed by atoms with Gasteiger partial charge in [-0.05, 0) is 20.8 Å². The van der Waals surface area contributed by atoms with E-state index in [-0.39, 0.29) is 30.3 Å². The molecule has 0 fully saturated rings. The maximum atomic E-state index is 11.4. The summed E-state index contributed by atoms with van der Waals surface area (Å²) in [6, 6.07) is 0. The lowest BCUT2D eigenvalue weighted by Crippen LogP contribution is -2.43. The smallest absolute Gasteiger partial charge is 0.233 e. The lowest BCUT2D eigenvalue weighted by molar-refractivity contribution is -0.122. The fourth-order valence-corrected chi connectivity index (χ4v) is 1.10. The summed E-state index contributed by atoms with van der Waals surface area (Å²) in [6.45, 7) is 7.57. The second-order valence-corrected chi connectivity index (χ2v) is 5.05. The second-order valence-electron chi connectivity index (χ2n) is 5.05. The van der Waals surface area contributed by atoms with E-state index in [2.05, 4.69) is 16.0 Å². The minimum absolute atomic E-state index is 0.0869. The summed E-state index contributed by atoms with van der Waals surface area (Å²) in [5.41, 5.74) is -0.0884. The maximum Gasteiger partial charge on any atom is 0.233 e. The topological polar surface area (TPSA) is 79.5 Å². The van der Waals surface area contributed by atoms with Gasteiger partial charge in [-0.2, -0.15) is 0 Å². The third kappa shape index (κ3) is 11.3. The van der Waals surface area contributed by atoms with Crippen LogP contribution >= 0.6 is 0 Å². The predicted octanol–water partition coefficient (Wildman–Crippen LogP) is -0.357. The zero-order valence-electron chi connectivity index (χ0n) is 11.8. The molecule has 0 heterocycles. The molecule has 0 aromatic rings. The van der Waals surface area contributed by atoms with Gasteiger partial charge in [-0.3, -0.25) is 9.59 Å². The fourth-order valence-electron chi connectivity index (χ4n) is 1.10. The Bertz CT molecular complexity index is 262. The second kappa shape index (κ2) is 8.88. The Morgan fingerprint density at radius 1 is 1.06 bits per heavy atom. The molecule has 0 aliphatic heterocycles. The third-order valence-corrected chi connectivity index (χ3v) is 2.08. The highest BCUT2D eigenvalue weighted by molar-refractivity contribution is 5.80. The van der Waals surface area contributed by atoms with Gasteiger partial charge in [0.1, 0.15) is 0 Å². The molecule has 0 aromatic heterocycles. The first-order valence-corrected chi connectivity index (χ1v) is 6.12. The first kappa shape index (κ1) is 16.9. The number of methoxy groups -OCH3 is 1. The summed E-state index contributed by atoms with van der Waals surface area (Å²) in [4.78, 5) is 22.7. The first-order valence-electron chi connectivity index (χ1n) is 6.12. The molecule has 0 aliphatic carbocycles. The van der Waals surface area contributed by atoms with E-state index in [0.29, 0.717) is 19.7 Å². The Kier molecular flexibility index (Phi) is 8.32. The molecule has 0 aromatic carbocycles. The van der Waals surface area contributed by atoms with Crippen LogP contribution in [0.2, 0.25) is 0 Å². The molecule has 0 aliphatic rings. The van der Waals surface area contributed by atoms with Gasteiger partial charge < -0.3 is 20.7 Å². The molecule has 6 nitrogen and oxygen atoms in total. The number of amides is 2. The van der Waals surface area contributed by atoms with Crippen LogP contribution in [0, 0.1) is 0 Å². The first-order chi connectivity index (χ1) is 8.35. The summed E-state index contributed by atoms with van der Waals surface area (Å²) in [5.74, 6) is -0.189. The van der Waals surface area contributed by atoms with Gasteiger partial charge in [0.25, 0.3) is 0 Å². The van der Waals surface area contributed by atoms with Crippen LogP contribution in [-0.2, 0) is 14.3 Å². The quantitative estimate of drug-likeness (QED) is 0.520. The van der Waals surface area contributed by atoms with Crippen LogP contribution in [0.4, 0.5) is 0 Å². The summed E-state index contributed by atoms with van der Waals surface area (Å²) >= 11 is 0. The van der Waals surface area contributed by atoms with Crippen LogP contribution < -0.4 is 16.0 Å². The van der Waals surface area contributed by atoms with Gasteiger partial charge in [-0.15, -0.1) is 0 Å². The van der Waals surface area contributed by atoms with Crippen LogP contribution in [0.25, 0.3) is 0 Å². The van der Waals surface area contributed by atoms with Crippen molar-refractivity contribution in [3.63, 3.8) is 0 Å². The molecule has 0 spiro atoms.